The molecule has 4 heteroatoms. The van der Waals surface area contributed by atoms with Crippen molar-refractivity contribution in [2.75, 3.05) is 32.8 Å². The third-order valence-corrected chi connectivity index (χ3v) is 7.93. The first-order valence-corrected chi connectivity index (χ1v) is 11.8. The van der Waals surface area contributed by atoms with Crippen molar-refractivity contribution in [2.24, 2.45) is 5.41 Å². The molecule has 3 aromatic rings. The van der Waals surface area contributed by atoms with Gasteiger partial charge in [0.1, 0.15) is 11.2 Å². The van der Waals surface area contributed by atoms with Crippen molar-refractivity contribution in [3.63, 3.8) is 0 Å². The van der Waals surface area contributed by atoms with Crippen LogP contribution in [0.2, 0.25) is 0 Å². The summed E-state index contributed by atoms with van der Waals surface area (Å²) in [6, 6.07) is 34.0. The normalized spacial score (nSPS) is 23.5. The van der Waals surface area contributed by atoms with Crippen LogP contribution < -0.4 is 21.7 Å². The molecule has 2 saturated heterocycles. The van der Waals surface area contributed by atoms with Crippen molar-refractivity contribution in [3.8, 4) is 11.8 Å². The van der Waals surface area contributed by atoms with Gasteiger partial charge in [-0.05, 0) is 23.3 Å². The first kappa shape index (κ1) is 23.5. The van der Waals surface area contributed by atoms with Gasteiger partial charge in [-0.1, -0.05) is 78.9 Å². The van der Waals surface area contributed by atoms with Gasteiger partial charge in [-0.3, -0.25) is 0 Å². The zero-order valence-corrected chi connectivity index (χ0v) is 20.6. The average Bonchev–Trinajstić information content (AvgIpc) is 3.43. The Balaban J connectivity index is 0.00000259. The van der Waals surface area contributed by atoms with Crippen LogP contribution in [0.15, 0.2) is 91.0 Å². The molecule has 0 atom stereocenters. The minimum atomic E-state index is -0.605. The second kappa shape index (κ2) is 9.71. The molecule has 0 aliphatic carbocycles. The van der Waals surface area contributed by atoms with E-state index >= 15 is 0 Å². The van der Waals surface area contributed by atoms with Gasteiger partial charge in [-0.2, -0.15) is 5.26 Å². The Hall–Kier alpha value is -2.61. The number of ether oxygens (including phenoxy) is 1. The summed E-state index contributed by atoms with van der Waals surface area (Å²) in [6.07, 6.45) is 3.25. The third-order valence-electron chi connectivity index (χ3n) is 7.93. The number of rotatable bonds is 8. The van der Waals surface area contributed by atoms with Crippen LogP contribution >= 0.6 is 0 Å². The Labute approximate surface area is 208 Å². The molecule has 2 fully saturated rings. The van der Waals surface area contributed by atoms with Gasteiger partial charge >= 0.3 is 0 Å². The molecule has 3 aromatic carbocycles. The lowest BCUT2D eigenvalue weighted by atomic mass is 9.56. The molecule has 0 radical (unpaired) electrons. The molecule has 0 N–H and O–H groups in total. The van der Waals surface area contributed by atoms with Crippen LogP contribution in [0.5, 0.6) is 5.75 Å². The molecule has 0 aromatic heterocycles. The highest BCUT2D eigenvalue weighted by Crippen LogP contribution is 2.59. The summed E-state index contributed by atoms with van der Waals surface area (Å²) in [4.78, 5) is 0. The van der Waals surface area contributed by atoms with Crippen molar-refractivity contribution in [2.45, 2.75) is 24.7 Å². The summed E-state index contributed by atoms with van der Waals surface area (Å²) in [5.74, 6) is 0.946. The zero-order chi connectivity index (χ0) is 21.9. The fourth-order valence-corrected chi connectivity index (χ4v) is 6.40. The van der Waals surface area contributed by atoms with E-state index in [-0.39, 0.29) is 22.4 Å². The van der Waals surface area contributed by atoms with Crippen LogP contribution in [0.3, 0.4) is 0 Å². The molecule has 2 bridgehead atoms. The van der Waals surface area contributed by atoms with Crippen molar-refractivity contribution >= 4 is 0 Å². The Bertz CT molecular complexity index is 1030. The fraction of sp³-hybridized carbons (Fsp3) is 0.345. The molecule has 170 valence electrons. The van der Waals surface area contributed by atoms with Gasteiger partial charge in [0.25, 0.3) is 0 Å². The van der Waals surface area contributed by atoms with Crippen LogP contribution in [0, 0.1) is 16.7 Å². The molecular formula is C29H31BrN2O. The number of halogens is 1. The molecular weight excluding hydrogens is 472 g/mol. The van der Waals surface area contributed by atoms with Crippen molar-refractivity contribution in [1.82, 2.24) is 0 Å². The minimum Gasteiger partial charge on any atom is -1.00 e. The number of piperidine rings is 1. The first-order valence-electron chi connectivity index (χ1n) is 11.8. The SMILES string of the molecule is N#CC(c1ccccc1)(c1ccccc1)C12CC[N+](CCCOc3ccccc3)(CC1)C2.[Br-]. The number of quaternary nitrogens is 1. The molecule has 2 heterocycles. The predicted molar refractivity (Wildman–Crippen MR) is 127 cm³/mol. The molecule has 0 unspecified atom stereocenters. The number of hydrogen-bond acceptors (Lipinski definition) is 2. The second-order valence-corrected chi connectivity index (χ2v) is 9.56. The molecule has 2 aliphatic heterocycles. The number of nitriles is 1. The Kier molecular flexibility index (Phi) is 6.93. The van der Waals surface area contributed by atoms with E-state index in [1.807, 2.05) is 42.5 Å². The highest BCUT2D eigenvalue weighted by molar-refractivity contribution is 5.49. The number of hydrogen-bond donors (Lipinski definition) is 0. The molecule has 5 rings (SSSR count). The van der Waals surface area contributed by atoms with Crippen LogP contribution in [-0.2, 0) is 5.41 Å². The minimum absolute atomic E-state index is 0. The maximum atomic E-state index is 10.8. The van der Waals surface area contributed by atoms with E-state index in [2.05, 4.69) is 54.6 Å². The van der Waals surface area contributed by atoms with Gasteiger partial charge in [-0.15, -0.1) is 0 Å². The van der Waals surface area contributed by atoms with Crippen LogP contribution in [0.25, 0.3) is 0 Å². The summed E-state index contributed by atoms with van der Waals surface area (Å²) >= 11 is 0. The maximum Gasteiger partial charge on any atom is 0.119 e. The van der Waals surface area contributed by atoms with Gasteiger partial charge < -0.3 is 26.2 Å². The van der Waals surface area contributed by atoms with Crippen molar-refractivity contribution in [1.29, 1.82) is 5.26 Å². The van der Waals surface area contributed by atoms with Gasteiger partial charge in [0.2, 0.25) is 0 Å². The Morgan fingerprint density at radius 3 is 1.85 bits per heavy atom. The second-order valence-electron chi connectivity index (χ2n) is 9.56. The first-order chi connectivity index (χ1) is 15.7. The zero-order valence-electron chi connectivity index (χ0n) is 19.0. The standard InChI is InChI=1S/C29H31N2O.BrH/c30-23-29(25-11-4-1-5-12-25,26-13-6-2-7-14-26)28-17-20-31(24-28,21-18-28)19-10-22-32-27-15-8-3-9-16-27;/h1-9,11-16H,10,17-22,24H2;1H/q+1;/p-1. The van der Waals surface area contributed by atoms with E-state index in [1.165, 1.54) is 0 Å². The van der Waals surface area contributed by atoms with Crippen LogP contribution in [0.4, 0.5) is 0 Å². The lowest BCUT2D eigenvalue weighted by Crippen LogP contribution is -3.00. The third kappa shape index (κ3) is 4.09. The van der Waals surface area contributed by atoms with Gasteiger partial charge in [0.15, 0.2) is 0 Å². The highest BCUT2D eigenvalue weighted by Gasteiger charge is 2.66. The van der Waals surface area contributed by atoms with Gasteiger partial charge in [-0.25, -0.2) is 0 Å². The van der Waals surface area contributed by atoms with Crippen LogP contribution in [0.1, 0.15) is 30.4 Å². The Morgan fingerprint density at radius 1 is 0.818 bits per heavy atom. The quantitative estimate of drug-likeness (QED) is 0.350. The lowest BCUT2D eigenvalue weighted by Gasteiger charge is -2.41. The number of fused-ring (bicyclic) bond motifs is 2. The smallest absolute Gasteiger partial charge is 0.119 e. The van der Waals surface area contributed by atoms with E-state index in [1.54, 1.807) is 0 Å². The van der Waals surface area contributed by atoms with E-state index in [4.69, 9.17) is 4.74 Å². The molecule has 3 nitrogen and oxygen atoms in total. The summed E-state index contributed by atoms with van der Waals surface area (Å²) in [6.45, 7) is 5.27. The number of para-hydroxylation sites is 1. The largest absolute Gasteiger partial charge is 1.00 e. The number of benzene rings is 3. The summed E-state index contributed by atoms with van der Waals surface area (Å²) in [5, 5.41) is 10.8. The van der Waals surface area contributed by atoms with Crippen LogP contribution in [-0.4, -0.2) is 37.3 Å². The van der Waals surface area contributed by atoms with Gasteiger partial charge in [0.05, 0.1) is 44.3 Å². The van der Waals surface area contributed by atoms with E-state index < -0.39 is 5.41 Å². The Morgan fingerprint density at radius 2 is 1.33 bits per heavy atom. The lowest BCUT2D eigenvalue weighted by molar-refractivity contribution is -0.909. The summed E-state index contributed by atoms with van der Waals surface area (Å²) in [5.41, 5.74) is 1.66. The number of nitrogens with zero attached hydrogens (tertiary/aromatic N) is 2. The van der Waals surface area contributed by atoms with Crippen molar-refractivity contribution in [3.05, 3.63) is 102 Å². The monoisotopic (exact) mass is 502 g/mol. The van der Waals surface area contributed by atoms with E-state index in [0.717, 1.165) is 73.4 Å². The molecule has 0 saturated carbocycles. The van der Waals surface area contributed by atoms with E-state index in [9.17, 15) is 5.26 Å². The van der Waals surface area contributed by atoms with Crippen molar-refractivity contribution < 1.29 is 26.2 Å². The molecule has 33 heavy (non-hydrogen) atoms. The predicted octanol–water partition coefficient (Wildman–Crippen LogP) is 2.58. The summed E-state index contributed by atoms with van der Waals surface area (Å²) in [7, 11) is 0. The summed E-state index contributed by atoms with van der Waals surface area (Å²) < 4.78 is 7.09. The van der Waals surface area contributed by atoms with Gasteiger partial charge in [0, 0.05) is 19.3 Å². The molecule has 0 amide bonds. The maximum absolute atomic E-state index is 10.8. The topological polar surface area (TPSA) is 33.0 Å². The average molecular weight is 503 g/mol. The fourth-order valence-electron chi connectivity index (χ4n) is 6.40. The van der Waals surface area contributed by atoms with E-state index in [0.29, 0.717) is 0 Å². The highest BCUT2D eigenvalue weighted by atomic mass is 79.9. The molecule has 2 aliphatic rings. The molecule has 0 spiro atoms.